The van der Waals surface area contributed by atoms with Gasteiger partial charge in [-0.3, -0.25) is 0 Å². The van der Waals surface area contributed by atoms with Crippen molar-refractivity contribution in [2.24, 2.45) is 5.73 Å². The Morgan fingerprint density at radius 3 is 2.85 bits per heavy atom. The molecule has 3 nitrogen and oxygen atoms in total. The van der Waals surface area contributed by atoms with Crippen molar-refractivity contribution >= 4 is 6.29 Å². The minimum Gasteiger partial charge on any atom is -0.365 e. The number of ether oxygens (including phenoxy) is 1. The van der Waals surface area contributed by atoms with Crippen molar-refractivity contribution in [1.29, 1.82) is 0 Å². The Kier molecular flexibility index (Phi) is 3.45. The zero-order valence-electron chi connectivity index (χ0n) is 8.45. The van der Waals surface area contributed by atoms with Crippen LogP contribution >= 0.6 is 0 Å². The molecule has 0 aromatic heterocycles. The van der Waals surface area contributed by atoms with Crippen LogP contribution in [-0.2, 0) is 9.53 Å². The lowest BCUT2D eigenvalue weighted by atomic mass is 10.0. The fraction of sp³-hybridized carbons (Fsp3) is 0.900. The Morgan fingerprint density at radius 2 is 2.46 bits per heavy atom. The summed E-state index contributed by atoms with van der Waals surface area (Å²) < 4.78 is 5.72. The van der Waals surface area contributed by atoms with Crippen LogP contribution in [0.4, 0.5) is 0 Å². The van der Waals surface area contributed by atoms with Gasteiger partial charge in [-0.1, -0.05) is 6.92 Å². The van der Waals surface area contributed by atoms with Gasteiger partial charge in [-0.2, -0.15) is 0 Å². The van der Waals surface area contributed by atoms with Crippen LogP contribution < -0.4 is 5.73 Å². The van der Waals surface area contributed by atoms with E-state index in [9.17, 15) is 4.79 Å². The number of rotatable bonds is 4. The van der Waals surface area contributed by atoms with E-state index in [2.05, 4.69) is 6.92 Å². The molecule has 0 radical (unpaired) electrons. The Labute approximate surface area is 79.6 Å². The van der Waals surface area contributed by atoms with Crippen LogP contribution in [0, 0.1) is 0 Å². The molecule has 1 rings (SSSR count). The molecular weight excluding hydrogens is 166 g/mol. The van der Waals surface area contributed by atoms with E-state index < -0.39 is 5.60 Å². The standard InChI is InChI=1S/C10H19NO2/c1-3-8(2)13-10(7-12)5-4-9(11)6-10/h7-9H,3-6,11H2,1-2H3. The number of carbonyl (C=O) groups excluding carboxylic acids is 1. The molecule has 0 aromatic rings. The van der Waals surface area contributed by atoms with Gasteiger partial charge in [0.2, 0.25) is 0 Å². The summed E-state index contributed by atoms with van der Waals surface area (Å²) in [6, 6.07) is 0.134. The highest BCUT2D eigenvalue weighted by molar-refractivity contribution is 5.63. The van der Waals surface area contributed by atoms with E-state index in [0.717, 1.165) is 25.5 Å². The summed E-state index contributed by atoms with van der Waals surface area (Å²) in [5.74, 6) is 0. The van der Waals surface area contributed by atoms with Gasteiger partial charge in [0.1, 0.15) is 5.60 Å². The Hall–Kier alpha value is -0.410. The van der Waals surface area contributed by atoms with Crippen LogP contribution in [0.2, 0.25) is 0 Å². The molecule has 1 aliphatic rings. The number of aldehydes is 1. The first kappa shape index (κ1) is 10.7. The predicted molar refractivity (Wildman–Crippen MR) is 51.5 cm³/mol. The van der Waals surface area contributed by atoms with Gasteiger partial charge in [-0.05, 0) is 32.6 Å². The van der Waals surface area contributed by atoms with E-state index in [1.54, 1.807) is 0 Å². The maximum absolute atomic E-state index is 10.9. The molecule has 1 aliphatic carbocycles. The number of hydrogen-bond acceptors (Lipinski definition) is 3. The molecule has 0 spiro atoms. The molecule has 3 unspecified atom stereocenters. The molecule has 0 bridgehead atoms. The summed E-state index contributed by atoms with van der Waals surface area (Å²) in [4.78, 5) is 10.9. The third-order valence-electron chi connectivity index (χ3n) is 2.77. The van der Waals surface area contributed by atoms with Crippen molar-refractivity contribution < 1.29 is 9.53 Å². The van der Waals surface area contributed by atoms with E-state index in [4.69, 9.17) is 10.5 Å². The fourth-order valence-electron chi connectivity index (χ4n) is 1.80. The second kappa shape index (κ2) is 4.20. The van der Waals surface area contributed by atoms with Crippen molar-refractivity contribution in [3.05, 3.63) is 0 Å². The van der Waals surface area contributed by atoms with Crippen molar-refractivity contribution in [3.8, 4) is 0 Å². The first-order valence-electron chi connectivity index (χ1n) is 5.01. The molecule has 0 aromatic carbocycles. The average molecular weight is 185 g/mol. The molecule has 0 amide bonds. The van der Waals surface area contributed by atoms with Crippen LogP contribution in [0.3, 0.4) is 0 Å². The van der Waals surface area contributed by atoms with Crippen LogP contribution in [0.15, 0.2) is 0 Å². The molecule has 0 saturated heterocycles. The van der Waals surface area contributed by atoms with E-state index in [1.165, 1.54) is 0 Å². The number of hydrogen-bond donors (Lipinski definition) is 1. The van der Waals surface area contributed by atoms with Crippen molar-refractivity contribution in [1.82, 2.24) is 0 Å². The van der Waals surface area contributed by atoms with E-state index >= 15 is 0 Å². The van der Waals surface area contributed by atoms with Crippen molar-refractivity contribution in [2.45, 2.75) is 57.3 Å². The molecule has 1 saturated carbocycles. The Morgan fingerprint density at radius 1 is 1.77 bits per heavy atom. The number of carbonyl (C=O) groups is 1. The minimum absolute atomic E-state index is 0.134. The van der Waals surface area contributed by atoms with Gasteiger partial charge in [0.15, 0.2) is 6.29 Å². The second-order valence-electron chi connectivity index (χ2n) is 4.02. The van der Waals surface area contributed by atoms with E-state index in [0.29, 0.717) is 6.42 Å². The van der Waals surface area contributed by atoms with Gasteiger partial charge in [0.05, 0.1) is 6.10 Å². The lowest BCUT2D eigenvalue weighted by Crippen LogP contribution is -2.36. The first-order valence-corrected chi connectivity index (χ1v) is 5.01. The van der Waals surface area contributed by atoms with Crippen molar-refractivity contribution in [3.63, 3.8) is 0 Å². The maximum atomic E-state index is 10.9. The minimum atomic E-state index is -0.575. The zero-order chi connectivity index (χ0) is 9.90. The lowest BCUT2D eigenvalue weighted by molar-refractivity contribution is -0.138. The molecular formula is C10H19NO2. The van der Waals surface area contributed by atoms with Crippen LogP contribution in [0.25, 0.3) is 0 Å². The second-order valence-corrected chi connectivity index (χ2v) is 4.02. The van der Waals surface area contributed by atoms with E-state index in [-0.39, 0.29) is 12.1 Å². The highest BCUT2D eigenvalue weighted by Gasteiger charge is 2.39. The summed E-state index contributed by atoms with van der Waals surface area (Å²) in [5, 5.41) is 0. The van der Waals surface area contributed by atoms with Gasteiger partial charge in [-0.25, -0.2) is 0 Å². The molecule has 2 N–H and O–H groups in total. The summed E-state index contributed by atoms with van der Waals surface area (Å²) in [6.07, 6.45) is 4.38. The Bertz CT molecular complexity index is 184. The predicted octanol–water partition coefficient (Wildman–Crippen LogP) is 1.25. The summed E-state index contributed by atoms with van der Waals surface area (Å²) in [5.41, 5.74) is 5.19. The van der Waals surface area contributed by atoms with Gasteiger partial charge in [0, 0.05) is 6.04 Å². The van der Waals surface area contributed by atoms with E-state index in [1.807, 2.05) is 6.92 Å². The largest absolute Gasteiger partial charge is 0.365 e. The third-order valence-corrected chi connectivity index (χ3v) is 2.77. The topological polar surface area (TPSA) is 52.3 Å². The molecule has 0 heterocycles. The highest BCUT2D eigenvalue weighted by atomic mass is 16.5. The lowest BCUT2D eigenvalue weighted by Gasteiger charge is -2.26. The van der Waals surface area contributed by atoms with Crippen molar-refractivity contribution in [2.75, 3.05) is 0 Å². The molecule has 3 atom stereocenters. The third kappa shape index (κ3) is 2.51. The number of nitrogens with two attached hydrogens (primary N) is 1. The van der Waals surface area contributed by atoms with Gasteiger partial charge in [-0.15, -0.1) is 0 Å². The molecule has 1 fully saturated rings. The first-order chi connectivity index (χ1) is 6.12. The average Bonchev–Trinajstić information content (AvgIpc) is 2.48. The maximum Gasteiger partial charge on any atom is 0.151 e. The SMILES string of the molecule is CCC(C)OC1(C=O)CCC(N)C1. The summed E-state index contributed by atoms with van der Waals surface area (Å²) >= 11 is 0. The fourth-order valence-corrected chi connectivity index (χ4v) is 1.80. The van der Waals surface area contributed by atoms with Crippen LogP contribution in [0.1, 0.15) is 39.5 Å². The monoisotopic (exact) mass is 185 g/mol. The quantitative estimate of drug-likeness (QED) is 0.671. The van der Waals surface area contributed by atoms with Gasteiger partial charge in [0.25, 0.3) is 0 Å². The molecule has 0 aliphatic heterocycles. The molecule has 13 heavy (non-hydrogen) atoms. The molecule has 3 heteroatoms. The summed E-state index contributed by atoms with van der Waals surface area (Å²) in [6.45, 7) is 4.05. The smallest absolute Gasteiger partial charge is 0.151 e. The zero-order valence-corrected chi connectivity index (χ0v) is 8.45. The van der Waals surface area contributed by atoms with Gasteiger partial charge >= 0.3 is 0 Å². The Balaban J connectivity index is 2.55. The van der Waals surface area contributed by atoms with Crippen LogP contribution in [0.5, 0.6) is 0 Å². The highest BCUT2D eigenvalue weighted by Crippen LogP contribution is 2.32. The normalized spacial score (nSPS) is 36.1. The molecule has 76 valence electrons. The van der Waals surface area contributed by atoms with Gasteiger partial charge < -0.3 is 15.3 Å². The summed E-state index contributed by atoms with van der Waals surface area (Å²) in [7, 11) is 0. The van der Waals surface area contributed by atoms with Crippen LogP contribution in [-0.4, -0.2) is 24.0 Å².